The van der Waals surface area contributed by atoms with E-state index in [-0.39, 0.29) is 17.9 Å². The fourth-order valence-corrected chi connectivity index (χ4v) is 5.03. The van der Waals surface area contributed by atoms with Crippen molar-refractivity contribution in [2.75, 3.05) is 37.7 Å². The molecular weight excluding hydrogens is 402 g/mol. The Morgan fingerprint density at radius 1 is 1.19 bits per heavy atom. The molecule has 3 rings (SSSR count). The number of nitrogens with zero attached hydrogens (tertiary/aromatic N) is 4. The van der Waals surface area contributed by atoms with Gasteiger partial charge in [0.15, 0.2) is 0 Å². The molecule has 7 nitrogen and oxygen atoms in total. The largest absolute Gasteiger partial charge is 0.396 e. The molecule has 0 radical (unpaired) electrons. The third kappa shape index (κ3) is 6.88. The van der Waals surface area contributed by atoms with Gasteiger partial charge in [0.05, 0.1) is 0 Å². The van der Waals surface area contributed by atoms with E-state index in [9.17, 15) is 9.90 Å². The molecule has 2 fully saturated rings. The summed E-state index contributed by atoms with van der Waals surface area (Å²) in [5.41, 5.74) is 0.802. The Morgan fingerprint density at radius 2 is 1.91 bits per heavy atom. The van der Waals surface area contributed by atoms with Crippen molar-refractivity contribution in [3.05, 3.63) is 17.6 Å². The summed E-state index contributed by atoms with van der Waals surface area (Å²) < 4.78 is 0. The quantitative estimate of drug-likeness (QED) is 0.672. The Morgan fingerprint density at radius 3 is 2.50 bits per heavy atom. The number of carbonyl (C=O) groups is 1. The predicted octanol–water partition coefficient (Wildman–Crippen LogP) is 2.90. The molecule has 0 bridgehead atoms. The molecule has 1 amide bonds. The smallest absolute Gasteiger partial charge is 0.217 e. The Labute approximate surface area is 194 Å². The topological polar surface area (TPSA) is 81.6 Å². The van der Waals surface area contributed by atoms with Gasteiger partial charge < -0.3 is 15.3 Å². The molecule has 2 heterocycles. The van der Waals surface area contributed by atoms with E-state index < -0.39 is 0 Å². The number of rotatable bonds is 7. The Hall–Kier alpha value is -1.73. The van der Waals surface area contributed by atoms with E-state index in [0.29, 0.717) is 18.5 Å². The third-order valence-electron chi connectivity index (χ3n) is 6.92. The highest BCUT2D eigenvalue weighted by Gasteiger charge is 2.28. The van der Waals surface area contributed by atoms with Gasteiger partial charge in [-0.2, -0.15) is 0 Å². The summed E-state index contributed by atoms with van der Waals surface area (Å²) in [5.74, 6) is 2.73. The van der Waals surface area contributed by atoms with Gasteiger partial charge in [-0.1, -0.05) is 20.8 Å². The summed E-state index contributed by atoms with van der Waals surface area (Å²) in [6.07, 6.45) is 6.51. The van der Waals surface area contributed by atoms with Crippen LogP contribution in [-0.4, -0.2) is 70.8 Å². The molecule has 7 heteroatoms. The molecule has 0 spiro atoms. The lowest BCUT2D eigenvalue weighted by Gasteiger charge is -2.41. The van der Waals surface area contributed by atoms with E-state index in [0.717, 1.165) is 62.3 Å². The van der Waals surface area contributed by atoms with Crippen LogP contribution in [0.4, 0.5) is 5.82 Å². The van der Waals surface area contributed by atoms with Crippen LogP contribution < -0.4 is 10.2 Å². The third-order valence-corrected chi connectivity index (χ3v) is 6.92. The van der Waals surface area contributed by atoms with Crippen LogP contribution in [0, 0.1) is 5.92 Å². The lowest BCUT2D eigenvalue weighted by Crippen LogP contribution is -2.52. The maximum atomic E-state index is 11.3. The molecule has 180 valence electrons. The first kappa shape index (κ1) is 24.9. The number of anilines is 1. The van der Waals surface area contributed by atoms with Crippen LogP contribution in [-0.2, 0) is 16.6 Å². The Balaban J connectivity index is 1.53. The molecule has 1 aromatic heterocycles. The number of nitrogens with one attached hydrogen (secondary N) is 1. The SMILES string of the molecule is CC(=O)NC1CCC(CCN2CCN(c3cc(CCO)nc(C(C)(C)C)n3)[C@H](C)C2)CC1. The summed E-state index contributed by atoms with van der Waals surface area (Å²) in [7, 11) is 0. The second-order valence-electron chi connectivity index (χ2n) is 10.8. The van der Waals surface area contributed by atoms with Gasteiger partial charge in [0.2, 0.25) is 5.91 Å². The molecule has 2 aliphatic rings. The van der Waals surface area contributed by atoms with Gasteiger partial charge in [0, 0.05) is 68.8 Å². The molecule has 1 aliphatic carbocycles. The summed E-state index contributed by atoms with van der Waals surface area (Å²) >= 11 is 0. The number of aromatic nitrogens is 2. The second-order valence-corrected chi connectivity index (χ2v) is 10.8. The molecule has 1 saturated carbocycles. The number of hydrogen-bond donors (Lipinski definition) is 2. The number of hydrogen-bond acceptors (Lipinski definition) is 6. The van der Waals surface area contributed by atoms with Crippen LogP contribution in [0.2, 0.25) is 0 Å². The van der Waals surface area contributed by atoms with E-state index in [1.165, 1.54) is 19.3 Å². The Bertz CT molecular complexity index is 755. The van der Waals surface area contributed by atoms with Crippen molar-refractivity contribution in [2.45, 2.75) is 90.6 Å². The maximum Gasteiger partial charge on any atom is 0.217 e. The van der Waals surface area contributed by atoms with Crippen LogP contribution in [0.3, 0.4) is 0 Å². The number of carbonyl (C=O) groups excluding carboxylic acids is 1. The van der Waals surface area contributed by atoms with Gasteiger partial charge in [-0.15, -0.1) is 0 Å². The van der Waals surface area contributed by atoms with Crippen LogP contribution in [0.1, 0.15) is 78.2 Å². The van der Waals surface area contributed by atoms with Gasteiger partial charge in [-0.05, 0) is 51.5 Å². The summed E-state index contributed by atoms with van der Waals surface area (Å²) in [4.78, 5) is 25.9. The fourth-order valence-electron chi connectivity index (χ4n) is 5.03. The predicted molar refractivity (Wildman–Crippen MR) is 129 cm³/mol. The first-order valence-electron chi connectivity index (χ1n) is 12.4. The van der Waals surface area contributed by atoms with E-state index in [2.05, 4.69) is 48.9 Å². The van der Waals surface area contributed by atoms with Crippen LogP contribution >= 0.6 is 0 Å². The van der Waals surface area contributed by atoms with Crippen molar-refractivity contribution in [1.82, 2.24) is 20.2 Å². The zero-order chi connectivity index (χ0) is 23.3. The van der Waals surface area contributed by atoms with Crippen molar-refractivity contribution in [2.24, 2.45) is 5.92 Å². The van der Waals surface area contributed by atoms with Gasteiger partial charge >= 0.3 is 0 Å². The zero-order valence-electron chi connectivity index (χ0n) is 20.7. The molecule has 0 aromatic carbocycles. The van der Waals surface area contributed by atoms with E-state index in [1.807, 2.05) is 0 Å². The fraction of sp³-hybridized carbons (Fsp3) is 0.800. The van der Waals surface area contributed by atoms with E-state index in [1.54, 1.807) is 6.92 Å². The number of piperazine rings is 1. The highest BCUT2D eigenvalue weighted by molar-refractivity contribution is 5.73. The minimum atomic E-state index is -0.121. The van der Waals surface area contributed by atoms with Gasteiger partial charge in [-0.25, -0.2) is 9.97 Å². The van der Waals surface area contributed by atoms with Crippen molar-refractivity contribution in [3.63, 3.8) is 0 Å². The minimum absolute atomic E-state index is 0.0992. The summed E-state index contributed by atoms with van der Waals surface area (Å²) in [6.45, 7) is 14.6. The molecular formula is C25H43N5O2. The lowest BCUT2D eigenvalue weighted by molar-refractivity contribution is -0.119. The molecule has 1 atom stereocenters. The molecule has 32 heavy (non-hydrogen) atoms. The van der Waals surface area contributed by atoms with Crippen LogP contribution in [0.5, 0.6) is 0 Å². The van der Waals surface area contributed by atoms with Crippen molar-refractivity contribution in [3.8, 4) is 0 Å². The van der Waals surface area contributed by atoms with Gasteiger partial charge in [0.1, 0.15) is 11.6 Å². The zero-order valence-corrected chi connectivity index (χ0v) is 20.7. The highest BCUT2D eigenvalue weighted by atomic mass is 16.3. The van der Waals surface area contributed by atoms with Gasteiger partial charge in [-0.3, -0.25) is 9.69 Å². The molecule has 2 N–H and O–H groups in total. The summed E-state index contributed by atoms with van der Waals surface area (Å²) in [5, 5.41) is 12.5. The van der Waals surface area contributed by atoms with Gasteiger partial charge in [0.25, 0.3) is 0 Å². The molecule has 1 saturated heterocycles. The van der Waals surface area contributed by atoms with E-state index in [4.69, 9.17) is 9.97 Å². The number of amides is 1. The number of aliphatic hydroxyl groups is 1. The standard InChI is InChI=1S/C25H43N5O2/c1-18-17-29(12-10-20-6-8-21(9-7-20)26-19(2)32)13-14-30(18)23-16-22(11-15-31)27-24(28-23)25(3,4)5/h16,18,20-21,31H,6-15,17H2,1-5H3,(H,26,32)/t18-,20?,21?/m1/s1. The van der Waals surface area contributed by atoms with Crippen molar-refractivity contribution < 1.29 is 9.90 Å². The maximum absolute atomic E-state index is 11.3. The summed E-state index contributed by atoms with van der Waals surface area (Å²) in [6, 6.07) is 2.84. The monoisotopic (exact) mass is 445 g/mol. The molecule has 0 unspecified atom stereocenters. The Kier molecular flexibility index (Phi) is 8.50. The minimum Gasteiger partial charge on any atom is -0.396 e. The normalized spacial score (nSPS) is 25.1. The molecule has 1 aromatic rings. The van der Waals surface area contributed by atoms with Crippen LogP contribution in [0.25, 0.3) is 0 Å². The van der Waals surface area contributed by atoms with E-state index >= 15 is 0 Å². The van der Waals surface area contributed by atoms with Crippen molar-refractivity contribution >= 4 is 11.7 Å². The average Bonchev–Trinajstić information content (AvgIpc) is 2.72. The highest BCUT2D eigenvalue weighted by Crippen LogP contribution is 2.28. The molecule has 1 aliphatic heterocycles. The number of aliphatic hydroxyl groups excluding tert-OH is 1. The first-order valence-corrected chi connectivity index (χ1v) is 12.4. The second kappa shape index (κ2) is 10.9. The van der Waals surface area contributed by atoms with Crippen LogP contribution in [0.15, 0.2) is 6.07 Å². The first-order chi connectivity index (χ1) is 15.2. The lowest BCUT2D eigenvalue weighted by atomic mass is 9.84. The van der Waals surface area contributed by atoms with Crippen molar-refractivity contribution in [1.29, 1.82) is 0 Å². The average molecular weight is 446 g/mol.